The van der Waals surface area contributed by atoms with E-state index in [0.717, 1.165) is 58.2 Å². The molecule has 0 spiro atoms. The molecule has 2 saturated carbocycles. The summed E-state index contributed by atoms with van der Waals surface area (Å²) in [5, 5.41) is 9.09. The first-order valence-corrected chi connectivity index (χ1v) is 14.2. The molecule has 9 unspecified atom stereocenters. The summed E-state index contributed by atoms with van der Waals surface area (Å²) in [7, 11) is 0. The van der Waals surface area contributed by atoms with E-state index in [0.29, 0.717) is 62.4 Å². The van der Waals surface area contributed by atoms with E-state index in [1.165, 1.54) is 0 Å². The Balaban J connectivity index is 1.21. The summed E-state index contributed by atoms with van der Waals surface area (Å²) in [6.45, 7) is 7.94. The smallest absolute Gasteiger partial charge is 0.308 e. The van der Waals surface area contributed by atoms with Crippen LogP contribution in [0.5, 0.6) is 0 Å². The molecule has 206 valence electrons. The van der Waals surface area contributed by atoms with E-state index < -0.39 is 5.97 Å². The number of epoxide rings is 2. The lowest BCUT2D eigenvalue weighted by Crippen LogP contribution is -2.34. The number of carboxylic acid groups (broad SMARTS) is 1. The normalized spacial score (nSPS) is 36.7. The van der Waals surface area contributed by atoms with E-state index in [-0.39, 0.29) is 36.6 Å². The summed E-state index contributed by atoms with van der Waals surface area (Å²) >= 11 is 0. The third kappa shape index (κ3) is 9.26. The molecule has 4 aliphatic rings. The Morgan fingerprint density at radius 2 is 1.42 bits per heavy atom. The number of rotatable bonds is 15. The number of aliphatic carboxylic acids is 1. The van der Waals surface area contributed by atoms with Gasteiger partial charge in [0.05, 0.1) is 51.2 Å². The largest absolute Gasteiger partial charge is 0.481 e. The Kier molecular flexibility index (Phi) is 10.5. The highest BCUT2D eigenvalue weighted by Crippen LogP contribution is 2.38. The molecule has 2 aliphatic heterocycles. The quantitative estimate of drug-likeness (QED) is 0.258. The highest BCUT2D eigenvalue weighted by molar-refractivity contribution is 5.72. The van der Waals surface area contributed by atoms with Crippen molar-refractivity contribution in [3.8, 4) is 0 Å². The maximum absolute atomic E-state index is 13.2. The van der Waals surface area contributed by atoms with Gasteiger partial charge in [-0.3, -0.25) is 9.59 Å². The van der Waals surface area contributed by atoms with Crippen LogP contribution in [-0.2, 0) is 33.3 Å². The van der Waals surface area contributed by atoms with Crippen molar-refractivity contribution in [1.29, 1.82) is 0 Å². The van der Waals surface area contributed by atoms with Crippen molar-refractivity contribution in [1.82, 2.24) is 0 Å². The highest BCUT2D eigenvalue weighted by atomic mass is 16.6. The van der Waals surface area contributed by atoms with Crippen molar-refractivity contribution in [3.63, 3.8) is 0 Å². The molecule has 8 heteroatoms. The predicted molar refractivity (Wildman–Crippen MR) is 133 cm³/mol. The zero-order chi connectivity index (χ0) is 25.5. The van der Waals surface area contributed by atoms with Gasteiger partial charge in [0.2, 0.25) is 0 Å². The lowest BCUT2D eigenvalue weighted by Gasteiger charge is -2.36. The van der Waals surface area contributed by atoms with Gasteiger partial charge in [0.15, 0.2) is 0 Å². The van der Waals surface area contributed by atoms with Gasteiger partial charge >= 0.3 is 11.9 Å². The Morgan fingerprint density at radius 3 is 1.92 bits per heavy atom. The zero-order valence-electron chi connectivity index (χ0n) is 22.1. The van der Waals surface area contributed by atoms with Crippen molar-refractivity contribution in [2.24, 2.45) is 29.6 Å². The summed E-state index contributed by atoms with van der Waals surface area (Å²) in [5.74, 6) is 0.511. The van der Waals surface area contributed by atoms with Gasteiger partial charge in [0.1, 0.15) is 12.2 Å². The first-order valence-electron chi connectivity index (χ1n) is 14.2. The van der Waals surface area contributed by atoms with Gasteiger partial charge in [-0.05, 0) is 81.5 Å². The second kappa shape index (κ2) is 13.5. The monoisotopic (exact) mass is 510 g/mol. The molecule has 0 radical (unpaired) electrons. The van der Waals surface area contributed by atoms with Crippen LogP contribution in [-0.4, -0.2) is 74.5 Å². The number of hydrogen-bond donors (Lipinski definition) is 1. The third-order valence-corrected chi connectivity index (χ3v) is 8.74. The molecule has 36 heavy (non-hydrogen) atoms. The SMILES string of the molecule is CC1CC(OCC2CO2)CCC1COC(=O)C(CCCC(=O)O)CC1CCC(OCC2CO2)CC1C. The fraction of sp³-hybridized carbons (Fsp3) is 0.929. The molecular weight excluding hydrogens is 464 g/mol. The number of carbonyl (C=O) groups excluding carboxylic acids is 1. The molecule has 2 aliphatic carbocycles. The minimum Gasteiger partial charge on any atom is -0.481 e. The van der Waals surface area contributed by atoms with E-state index in [1.54, 1.807) is 0 Å². The lowest BCUT2D eigenvalue weighted by atomic mass is 9.74. The van der Waals surface area contributed by atoms with Crippen LogP contribution in [0.25, 0.3) is 0 Å². The second-order valence-electron chi connectivity index (χ2n) is 11.8. The first-order chi connectivity index (χ1) is 17.4. The van der Waals surface area contributed by atoms with E-state index in [1.807, 2.05) is 0 Å². The topological polar surface area (TPSA) is 107 Å². The number of ether oxygens (including phenoxy) is 5. The fourth-order valence-electron chi connectivity index (χ4n) is 6.04. The molecule has 0 aromatic heterocycles. The molecule has 0 amide bonds. The Labute approximate surface area is 215 Å². The second-order valence-corrected chi connectivity index (χ2v) is 11.8. The minimum absolute atomic E-state index is 0.0933. The Morgan fingerprint density at radius 1 is 0.861 bits per heavy atom. The fourth-order valence-corrected chi connectivity index (χ4v) is 6.04. The Bertz CT molecular complexity index is 706. The summed E-state index contributed by atoms with van der Waals surface area (Å²) < 4.78 is 28.4. The van der Waals surface area contributed by atoms with Crippen LogP contribution in [0.1, 0.15) is 78.1 Å². The maximum atomic E-state index is 13.2. The molecule has 0 aromatic rings. The molecule has 2 heterocycles. The van der Waals surface area contributed by atoms with Crippen molar-refractivity contribution < 1.29 is 38.4 Å². The van der Waals surface area contributed by atoms with E-state index in [9.17, 15) is 9.59 Å². The van der Waals surface area contributed by atoms with Gasteiger partial charge in [0.25, 0.3) is 0 Å². The van der Waals surface area contributed by atoms with Gasteiger partial charge in [0, 0.05) is 6.42 Å². The maximum Gasteiger partial charge on any atom is 0.308 e. The molecular formula is C28H46O8. The molecule has 4 fully saturated rings. The van der Waals surface area contributed by atoms with Gasteiger partial charge in [-0.15, -0.1) is 0 Å². The highest BCUT2D eigenvalue weighted by Gasteiger charge is 2.35. The molecule has 8 nitrogen and oxygen atoms in total. The van der Waals surface area contributed by atoms with Crippen LogP contribution >= 0.6 is 0 Å². The van der Waals surface area contributed by atoms with Gasteiger partial charge in [-0.2, -0.15) is 0 Å². The predicted octanol–water partition coefficient (Wildman–Crippen LogP) is 4.23. The van der Waals surface area contributed by atoms with Crippen molar-refractivity contribution >= 4 is 11.9 Å². The summed E-state index contributed by atoms with van der Waals surface area (Å²) in [5.41, 5.74) is 0. The van der Waals surface area contributed by atoms with E-state index in [4.69, 9.17) is 28.8 Å². The molecule has 1 N–H and O–H groups in total. The standard InChI is InChI=1S/C28H46O8/c1-18-10-23(32-14-25-16-34-25)8-6-20(18)12-21(4-3-5-27(29)30)28(31)36-13-22-7-9-24(11-19(22)2)33-15-26-17-35-26/h18-26H,3-17H2,1-2H3,(H,29,30). The third-order valence-electron chi connectivity index (χ3n) is 8.74. The van der Waals surface area contributed by atoms with Crippen LogP contribution in [0.2, 0.25) is 0 Å². The number of carboxylic acids is 1. The van der Waals surface area contributed by atoms with Gasteiger partial charge < -0.3 is 28.8 Å². The minimum atomic E-state index is -0.811. The van der Waals surface area contributed by atoms with Gasteiger partial charge in [-0.25, -0.2) is 0 Å². The van der Waals surface area contributed by atoms with Crippen LogP contribution in [0, 0.1) is 29.6 Å². The van der Waals surface area contributed by atoms with Crippen molar-refractivity contribution in [3.05, 3.63) is 0 Å². The summed E-state index contributed by atoms with van der Waals surface area (Å²) in [4.78, 5) is 24.3. The van der Waals surface area contributed by atoms with Gasteiger partial charge in [-0.1, -0.05) is 13.8 Å². The average molecular weight is 511 g/mol. The van der Waals surface area contributed by atoms with Crippen molar-refractivity contribution in [2.75, 3.05) is 33.0 Å². The number of carbonyl (C=O) groups is 2. The number of esters is 1. The first kappa shape index (κ1) is 27.8. The molecule has 0 aromatic carbocycles. The van der Waals surface area contributed by atoms with Crippen LogP contribution in [0.3, 0.4) is 0 Å². The lowest BCUT2D eigenvalue weighted by molar-refractivity contribution is -0.153. The molecule has 2 saturated heterocycles. The molecule has 4 rings (SSSR count). The van der Waals surface area contributed by atoms with Crippen LogP contribution in [0.15, 0.2) is 0 Å². The van der Waals surface area contributed by atoms with E-state index >= 15 is 0 Å². The summed E-state index contributed by atoms with van der Waals surface area (Å²) in [6, 6.07) is 0. The summed E-state index contributed by atoms with van der Waals surface area (Å²) in [6.07, 6.45) is 9.12. The molecule has 9 atom stereocenters. The van der Waals surface area contributed by atoms with Crippen molar-refractivity contribution in [2.45, 2.75) is 102 Å². The number of hydrogen-bond acceptors (Lipinski definition) is 7. The zero-order valence-corrected chi connectivity index (χ0v) is 22.1. The van der Waals surface area contributed by atoms with E-state index in [2.05, 4.69) is 13.8 Å². The van der Waals surface area contributed by atoms with Crippen LogP contribution in [0.4, 0.5) is 0 Å². The van der Waals surface area contributed by atoms with Crippen LogP contribution < -0.4 is 0 Å². The average Bonchev–Trinajstić information content (AvgIpc) is 3.76. The Hall–Kier alpha value is -1.22. The molecule has 0 bridgehead atoms.